The molecule has 2 heteroatoms. The first-order chi connectivity index (χ1) is 21.5. The standard InChI is InChI=1S/C42H36N2/c1-29-22-24-33(25-23-29)43(34-15-9-12-30(2)26-34)41-37-18-5-7-20-39(37)42(40-21-8-6-19-38(40)41)44(35-16-10-13-31(3)27-35)36-17-11-14-32(4)28-36/h5-28H,1-4H3. The SMILES string of the molecule is Cc1ccc(N(c2cccc(C)c2)c2c3ccccc3c(N(c3cccc(C)c3)c3cccc(C)c3)c3ccccc23)cc1. The third-order valence-corrected chi connectivity index (χ3v) is 8.39. The molecule has 0 saturated carbocycles. The molecule has 0 spiro atoms. The number of aryl methyl sites for hydroxylation is 4. The fourth-order valence-electron chi connectivity index (χ4n) is 6.37. The molecule has 7 aromatic carbocycles. The summed E-state index contributed by atoms with van der Waals surface area (Å²) < 4.78 is 0. The first-order valence-electron chi connectivity index (χ1n) is 15.3. The third kappa shape index (κ3) is 4.99. The van der Waals surface area contributed by atoms with Gasteiger partial charge in [-0.1, -0.05) is 103 Å². The number of rotatable bonds is 6. The fraction of sp³-hybridized carbons (Fsp3) is 0.0952. The first-order valence-corrected chi connectivity index (χ1v) is 15.3. The van der Waals surface area contributed by atoms with Crippen molar-refractivity contribution in [1.29, 1.82) is 0 Å². The minimum Gasteiger partial charge on any atom is -0.309 e. The minimum atomic E-state index is 1.14. The maximum atomic E-state index is 2.44. The van der Waals surface area contributed by atoms with Crippen LogP contribution in [0.15, 0.2) is 146 Å². The van der Waals surface area contributed by atoms with E-state index < -0.39 is 0 Å². The molecule has 0 aromatic heterocycles. The van der Waals surface area contributed by atoms with Gasteiger partial charge < -0.3 is 9.80 Å². The molecular weight excluding hydrogens is 532 g/mol. The molecule has 0 radical (unpaired) electrons. The molecule has 0 unspecified atom stereocenters. The van der Waals surface area contributed by atoms with Crippen LogP contribution >= 0.6 is 0 Å². The third-order valence-electron chi connectivity index (χ3n) is 8.39. The zero-order valence-electron chi connectivity index (χ0n) is 25.8. The summed E-state index contributed by atoms with van der Waals surface area (Å²) in [6, 6.07) is 53.1. The van der Waals surface area contributed by atoms with Crippen LogP contribution in [0.1, 0.15) is 22.3 Å². The summed E-state index contributed by atoms with van der Waals surface area (Å²) in [5.74, 6) is 0. The lowest BCUT2D eigenvalue weighted by molar-refractivity contribution is 1.27. The molecule has 0 heterocycles. The molecule has 214 valence electrons. The number of nitrogens with zero attached hydrogens (tertiary/aromatic N) is 2. The largest absolute Gasteiger partial charge is 0.309 e. The van der Waals surface area contributed by atoms with Crippen molar-refractivity contribution in [3.05, 3.63) is 168 Å². The summed E-state index contributed by atoms with van der Waals surface area (Å²) in [6.45, 7) is 8.64. The number of hydrogen-bond acceptors (Lipinski definition) is 2. The van der Waals surface area contributed by atoms with Gasteiger partial charge in [0, 0.05) is 44.3 Å². The summed E-state index contributed by atoms with van der Waals surface area (Å²) in [5, 5.41) is 4.81. The predicted molar refractivity (Wildman–Crippen MR) is 190 cm³/mol. The maximum Gasteiger partial charge on any atom is 0.0619 e. The highest BCUT2D eigenvalue weighted by Gasteiger charge is 2.25. The van der Waals surface area contributed by atoms with E-state index in [1.807, 2.05) is 0 Å². The van der Waals surface area contributed by atoms with Gasteiger partial charge >= 0.3 is 0 Å². The molecule has 2 nitrogen and oxygen atoms in total. The van der Waals surface area contributed by atoms with E-state index >= 15 is 0 Å². The maximum absolute atomic E-state index is 2.44. The summed E-state index contributed by atoms with van der Waals surface area (Å²) in [4.78, 5) is 4.88. The van der Waals surface area contributed by atoms with Gasteiger partial charge in [-0.25, -0.2) is 0 Å². The van der Waals surface area contributed by atoms with Crippen LogP contribution in [0.5, 0.6) is 0 Å². The van der Waals surface area contributed by atoms with Gasteiger partial charge in [-0.3, -0.25) is 0 Å². The molecule has 0 aliphatic rings. The van der Waals surface area contributed by atoms with Crippen LogP contribution in [0.4, 0.5) is 34.1 Å². The van der Waals surface area contributed by atoms with Crippen LogP contribution in [0, 0.1) is 27.7 Å². The zero-order valence-corrected chi connectivity index (χ0v) is 25.8. The Hall–Kier alpha value is -5.34. The topological polar surface area (TPSA) is 6.48 Å². The zero-order chi connectivity index (χ0) is 30.2. The Kier molecular flexibility index (Phi) is 7.12. The fourth-order valence-corrected chi connectivity index (χ4v) is 6.37. The Morgan fingerprint density at radius 3 is 0.977 bits per heavy atom. The molecule has 0 aliphatic carbocycles. The van der Waals surface area contributed by atoms with E-state index in [0.29, 0.717) is 0 Å². The lowest BCUT2D eigenvalue weighted by Gasteiger charge is -2.33. The van der Waals surface area contributed by atoms with E-state index in [2.05, 4.69) is 183 Å². The van der Waals surface area contributed by atoms with Gasteiger partial charge in [-0.15, -0.1) is 0 Å². The molecular formula is C42H36N2. The van der Waals surface area contributed by atoms with Gasteiger partial charge in [0.1, 0.15) is 0 Å². The van der Waals surface area contributed by atoms with Crippen molar-refractivity contribution >= 4 is 55.7 Å². The molecule has 7 rings (SSSR count). The van der Waals surface area contributed by atoms with Crippen LogP contribution in [-0.2, 0) is 0 Å². The Balaban J connectivity index is 1.62. The monoisotopic (exact) mass is 568 g/mol. The highest BCUT2D eigenvalue weighted by molar-refractivity contribution is 6.23. The second-order valence-corrected chi connectivity index (χ2v) is 11.8. The highest BCUT2D eigenvalue weighted by atomic mass is 15.2. The molecule has 7 aromatic rings. The molecule has 0 aliphatic heterocycles. The van der Waals surface area contributed by atoms with Crippen molar-refractivity contribution in [3.8, 4) is 0 Å². The van der Waals surface area contributed by atoms with Crippen molar-refractivity contribution < 1.29 is 0 Å². The number of hydrogen-bond donors (Lipinski definition) is 0. The lowest BCUT2D eigenvalue weighted by Crippen LogP contribution is -2.15. The van der Waals surface area contributed by atoms with Gasteiger partial charge in [-0.2, -0.15) is 0 Å². The predicted octanol–water partition coefficient (Wildman–Crippen LogP) is 12.2. The Bertz CT molecular complexity index is 2020. The summed E-state index contributed by atoms with van der Waals surface area (Å²) in [7, 11) is 0. The summed E-state index contributed by atoms with van der Waals surface area (Å²) in [5.41, 5.74) is 11.9. The summed E-state index contributed by atoms with van der Waals surface area (Å²) >= 11 is 0. The molecule has 0 amide bonds. The van der Waals surface area contributed by atoms with E-state index in [-0.39, 0.29) is 0 Å². The van der Waals surface area contributed by atoms with Gasteiger partial charge in [-0.05, 0) is 92.9 Å². The van der Waals surface area contributed by atoms with Crippen molar-refractivity contribution in [2.75, 3.05) is 9.80 Å². The van der Waals surface area contributed by atoms with E-state index in [9.17, 15) is 0 Å². The second-order valence-electron chi connectivity index (χ2n) is 11.8. The minimum absolute atomic E-state index is 1.14. The van der Waals surface area contributed by atoms with E-state index in [1.165, 1.54) is 55.2 Å². The first kappa shape index (κ1) is 27.5. The van der Waals surface area contributed by atoms with Gasteiger partial charge in [0.2, 0.25) is 0 Å². The molecule has 44 heavy (non-hydrogen) atoms. The average molecular weight is 569 g/mol. The normalized spacial score (nSPS) is 11.2. The van der Waals surface area contributed by atoms with Gasteiger partial charge in [0.05, 0.1) is 11.4 Å². The molecule has 0 fully saturated rings. The van der Waals surface area contributed by atoms with Crippen molar-refractivity contribution in [2.45, 2.75) is 27.7 Å². The number of benzene rings is 7. The van der Waals surface area contributed by atoms with Crippen LogP contribution in [0.25, 0.3) is 21.5 Å². The number of fused-ring (bicyclic) bond motifs is 2. The van der Waals surface area contributed by atoms with Gasteiger partial charge in [0.15, 0.2) is 0 Å². The van der Waals surface area contributed by atoms with E-state index in [4.69, 9.17) is 0 Å². The molecule has 0 bridgehead atoms. The van der Waals surface area contributed by atoms with E-state index in [1.54, 1.807) is 0 Å². The van der Waals surface area contributed by atoms with Crippen LogP contribution < -0.4 is 9.80 Å². The quantitative estimate of drug-likeness (QED) is 0.145. The lowest BCUT2D eigenvalue weighted by atomic mass is 9.95. The number of anilines is 6. The average Bonchev–Trinajstić information content (AvgIpc) is 3.03. The van der Waals surface area contributed by atoms with Crippen molar-refractivity contribution in [2.24, 2.45) is 0 Å². The van der Waals surface area contributed by atoms with Crippen LogP contribution in [0.2, 0.25) is 0 Å². The molecule has 0 N–H and O–H groups in total. The Labute approximate surface area is 260 Å². The Morgan fingerprint density at radius 1 is 0.295 bits per heavy atom. The van der Waals surface area contributed by atoms with Crippen LogP contribution in [0.3, 0.4) is 0 Å². The van der Waals surface area contributed by atoms with Gasteiger partial charge in [0.25, 0.3) is 0 Å². The summed E-state index contributed by atoms with van der Waals surface area (Å²) in [6.07, 6.45) is 0. The molecule has 0 saturated heterocycles. The smallest absolute Gasteiger partial charge is 0.0619 e. The van der Waals surface area contributed by atoms with Crippen molar-refractivity contribution in [3.63, 3.8) is 0 Å². The van der Waals surface area contributed by atoms with Crippen molar-refractivity contribution in [1.82, 2.24) is 0 Å². The highest BCUT2D eigenvalue weighted by Crippen LogP contribution is 2.51. The van der Waals surface area contributed by atoms with Crippen LogP contribution in [-0.4, -0.2) is 0 Å². The second kappa shape index (κ2) is 11.4. The van der Waals surface area contributed by atoms with E-state index in [0.717, 1.165) is 22.7 Å². The Morgan fingerprint density at radius 2 is 0.636 bits per heavy atom. The molecule has 0 atom stereocenters.